The van der Waals surface area contributed by atoms with Gasteiger partial charge in [0.15, 0.2) is 0 Å². The van der Waals surface area contributed by atoms with Crippen LogP contribution in [0.2, 0.25) is 0 Å². The molecule has 0 aliphatic carbocycles. The average molecular weight is 573 g/mol. The summed E-state index contributed by atoms with van der Waals surface area (Å²) in [7, 11) is 2.06. The van der Waals surface area contributed by atoms with Gasteiger partial charge in [-0.05, 0) is 30.9 Å². The van der Waals surface area contributed by atoms with Gasteiger partial charge in [-0.15, -0.1) is 11.3 Å². The molecule has 8 heteroatoms. The number of carbonyl (C=O) groups is 2. The number of aromatic nitrogens is 1. The Morgan fingerprint density at radius 2 is 2.12 bits per heavy atom. The molecule has 2 heterocycles. The summed E-state index contributed by atoms with van der Waals surface area (Å²) in [5.74, 6) is -0.0722. The van der Waals surface area contributed by atoms with Crippen LogP contribution in [0, 0.1) is 6.92 Å². The van der Waals surface area contributed by atoms with E-state index < -0.39 is 0 Å². The number of aryl methyl sites for hydroxylation is 1. The van der Waals surface area contributed by atoms with Crippen molar-refractivity contribution >= 4 is 44.9 Å². The van der Waals surface area contributed by atoms with E-state index in [1.54, 1.807) is 16.2 Å². The third kappa shape index (κ3) is 8.44. The predicted molar refractivity (Wildman–Crippen MR) is 144 cm³/mol. The summed E-state index contributed by atoms with van der Waals surface area (Å²) in [6.07, 6.45) is 5.20. The zero-order chi connectivity index (χ0) is 23.3. The van der Waals surface area contributed by atoms with Crippen LogP contribution in [-0.2, 0) is 16.1 Å². The first-order chi connectivity index (χ1) is 15.5. The summed E-state index contributed by atoms with van der Waals surface area (Å²) >= 11 is 1.91. The summed E-state index contributed by atoms with van der Waals surface area (Å²) in [5.41, 5.74) is 5.06. The van der Waals surface area contributed by atoms with Crippen molar-refractivity contribution in [3.05, 3.63) is 41.0 Å². The van der Waals surface area contributed by atoms with E-state index in [9.17, 15) is 9.59 Å². The summed E-state index contributed by atoms with van der Waals surface area (Å²) in [5, 5.41) is 6.20. The molecule has 1 aliphatic heterocycles. The van der Waals surface area contributed by atoms with Crippen LogP contribution in [0.25, 0.3) is 10.4 Å². The number of hydrogen-bond acceptors (Lipinski definition) is 5. The van der Waals surface area contributed by atoms with E-state index in [1.165, 1.54) is 22.1 Å². The molecule has 1 fully saturated rings. The number of benzene rings is 1. The second-order valence-electron chi connectivity index (χ2n) is 7.84. The number of nitrogens with zero attached hydrogens (tertiary/aromatic N) is 2. The molecule has 2 N–H and O–H groups in total. The number of alkyl halides is 2. The van der Waals surface area contributed by atoms with Crippen molar-refractivity contribution in [1.82, 2.24) is 20.5 Å². The Morgan fingerprint density at radius 3 is 2.72 bits per heavy atom. The fourth-order valence-corrected chi connectivity index (χ4v) is 6.94. The molecule has 2 amide bonds. The Morgan fingerprint density at radius 1 is 1.38 bits per heavy atom. The van der Waals surface area contributed by atoms with Gasteiger partial charge < -0.3 is 10.2 Å². The summed E-state index contributed by atoms with van der Waals surface area (Å²) < 4.78 is 2.34. The first-order valence-electron chi connectivity index (χ1n) is 11.3. The van der Waals surface area contributed by atoms with Crippen LogP contribution >= 0.6 is 32.5 Å². The number of hydrogen-bond donors (Lipinski definition) is 2. The fourth-order valence-electron chi connectivity index (χ4n) is 3.34. The molecule has 1 saturated heterocycles. The topological polar surface area (TPSA) is 74.3 Å². The van der Waals surface area contributed by atoms with E-state index in [2.05, 4.69) is 48.6 Å². The monoisotopic (exact) mass is 572 g/mol. The molecule has 1 unspecified atom stereocenters. The third-order valence-corrected chi connectivity index (χ3v) is 10.0. The number of likely N-dealkylation sites (tertiary alicyclic amines) is 1. The summed E-state index contributed by atoms with van der Waals surface area (Å²) in [6.45, 7) is 7.70. The second kappa shape index (κ2) is 14.6. The zero-order valence-electron chi connectivity index (χ0n) is 19.6. The molecule has 3 rings (SSSR count). The molecule has 178 valence electrons. The largest absolute Gasteiger partial charge is 0.350 e. The Balaban J connectivity index is 0.000000344. The van der Waals surface area contributed by atoms with Gasteiger partial charge in [0.1, 0.15) is 6.04 Å². The second-order valence-corrected chi connectivity index (χ2v) is 12.8. The van der Waals surface area contributed by atoms with Crippen LogP contribution in [0.5, 0.6) is 0 Å². The minimum absolute atomic E-state index is 0.0722. The maximum atomic E-state index is 12.2. The van der Waals surface area contributed by atoms with E-state index in [0.29, 0.717) is 13.1 Å². The number of carbonyl (C=O) groups excluding carboxylic acids is 2. The molecule has 0 spiro atoms. The molecule has 0 saturated carbocycles. The van der Waals surface area contributed by atoms with Crippen molar-refractivity contribution in [3.63, 3.8) is 0 Å². The number of amides is 2. The van der Waals surface area contributed by atoms with Crippen molar-refractivity contribution in [1.29, 1.82) is 0 Å². The Labute approximate surface area is 206 Å². The van der Waals surface area contributed by atoms with E-state index >= 15 is 0 Å². The first kappa shape index (κ1) is 26.7. The third-order valence-electron chi connectivity index (χ3n) is 5.43. The molecule has 2 atom stereocenters. The molecule has 1 aromatic carbocycles. The Kier molecular flexibility index (Phi) is 12.2. The van der Waals surface area contributed by atoms with Gasteiger partial charge in [-0.25, -0.2) is 4.98 Å². The zero-order valence-corrected chi connectivity index (χ0v) is 22.7. The smallest absolute Gasteiger partial charge is 0.243 e. The van der Waals surface area contributed by atoms with Crippen LogP contribution in [-0.4, -0.2) is 50.3 Å². The normalized spacial score (nSPS) is 16.4. The first-order valence-corrected chi connectivity index (χ1v) is 15.1. The number of rotatable bonds is 10. The average Bonchev–Trinajstić information content (AvgIpc) is 3.47. The number of halogens is 1. The van der Waals surface area contributed by atoms with Gasteiger partial charge >= 0.3 is 68.7 Å². The molecule has 32 heavy (non-hydrogen) atoms. The molecule has 1 aliphatic rings. The maximum absolute atomic E-state index is 12.2. The van der Waals surface area contributed by atoms with Gasteiger partial charge in [0.05, 0.1) is 16.1 Å². The number of unbranched alkanes of at least 4 members (excludes halogenated alkanes) is 1. The van der Waals surface area contributed by atoms with Crippen molar-refractivity contribution in [3.8, 4) is 10.4 Å². The van der Waals surface area contributed by atoms with Crippen LogP contribution in [0.15, 0.2) is 29.8 Å². The Bertz CT molecular complexity index is 828. The number of nitrogens with one attached hydrogen (secondary N) is 2. The van der Waals surface area contributed by atoms with E-state index in [0.717, 1.165) is 40.1 Å². The van der Waals surface area contributed by atoms with Crippen LogP contribution in [0.1, 0.15) is 50.8 Å². The molecular weight excluding hydrogens is 535 g/mol. The van der Waals surface area contributed by atoms with Crippen LogP contribution < -0.4 is 10.6 Å². The SMILES string of the molecule is CCCC[IH]C(C)NC.Cc1ncsc1-c1ccc(CNC(=O)[C@@H]2CCCN2C=O)cc1. The van der Waals surface area contributed by atoms with Gasteiger partial charge in [0.2, 0.25) is 12.3 Å². The van der Waals surface area contributed by atoms with E-state index in [-0.39, 0.29) is 33.2 Å². The molecular formula is C24H37IN4O2S. The van der Waals surface area contributed by atoms with E-state index in [1.807, 2.05) is 24.6 Å². The minimum Gasteiger partial charge on any atom is -0.350 e. The number of thiazole rings is 1. The van der Waals surface area contributed by atoms with E-state index in [4.69, 9.17) is 0 Å². The van der Waals surface area contributed by atoms with Crippen LogP contribution in [0.3, 0.4) is 0 Å². The molecule has 2 aromatic rings. The van der Waals surface area contributed by atoms with Gasteiger partial charge in [0.25, 0.3) is 0 Å². The molecule has 6 nitrogen and oxygen atoms in total. The maximum Gasteiger partial charge on any atom is 0.243 e. The summed E-state index contributed by atoms with van der Waals surface area (Å²) in [4.78, 5) is 30.1. The van der Waals surface area contributed by atoms with Crippen molar-refractivity contribution in [2.24, 2.45) is 0 Å². The standard InChI is InChI=1S/C17H19N3O2S.C7H18IN/c1-12-16(23-10-19-12)14-6-4-13(5-7-14)9-18-17(22)15-3-2-8-20(15)11-21;1-4-5-6-8-7(2)9-3/h4-7,10-11,15H,2-3,8-9H2,1H3,(H,18,22);7-9H,4-6H2,1-3H3/t15-;/m0./s1. The van der Waals surface area contributed by atoms with Crippen molar-refractivity contribution in [2.75, 3.05) is 18.0 Å². The van der Waals surface area contributed by atoms with Gasteiger partial charge in [-0.2, -0.15) is 0 Å². The van der Waals surface area contributed by atoms with Gasteiger partial charge in [-0.3, -0.25) is 9.59 Å². The molecule has 1 aromatic heterocycles. The Hall–Kier alpha value is -1.52. The van der Waals surface area contributed by atoms with Crippen molar-refractivity contribution in [2.45, 2.75) is 63.1 Å². The molecule has 0 radical (unpaired) electrons. The fraction of sp³-hybridized carbons (Fsp3) is 0.542. The molecule has 0 bridgehead atoms. The van der Waals surface area contributed by atoms with Gasteiger partial charge in [-0.1, -0.05) is 24.3 Å². The van der Waals surface area contributed by atoms with Crippen molar-refractivity contribution < 1.29 is 9.59 Å². The van der Waals surface area contributed by atoms with Gasteiger partial charge in [0, 0.05) is 13.1 Å². The minimum atomic E-state index is -0.313. The quantitative estimate of drug-likeness (QED) is 0.146. The predicted octanol–water partition coefficient (Wildman–Crippen LogP) is 4.41. The van der Waals surface area contributed by atoms with Crippen LogP contribution in [0.4, 0.5) is 0 Å². The summed E-state index contributed by atoms with van der Waals surface area (Å²) in [6, 6.07) is 7.82.